The molecule has 0 unspecified atom stereocenters. The zero-order chi connectivity index (χ0) is 12.0. The Morgan fingerprint density at radius 2 is 2.31 bits per heavy atom. The molecule has 3 N–H and O–H groups in total. The Morgan fingerprint density at radius 1 is 1.56 bits per heavy atom. The van der Waals surface area contributed by atoms with Gasteiger partial charge in [0.05, 0.1) is 5.56 Å². The minimum absolute atomic E-state index is 0.190. The average Bonchev–Trinajstić information content (AvgIpc) is 2.27. The number of anilines is 1. The molecule has 1 aromatic carbocycles. The van der Waals surface area contributed by atoms with Crippen LogP contribution in [0.1, 0.15) is 23.7 Å². The lowest BCUT2D eigenvalue weighted by atomic mass is 10.1. The molecular formula is C12H15ClN2O. The van der Waals surface area contributed by atoms with Crippen molar-refractivity contribution in [1.29, 1.82) is 0 Å². The first-order valence-electron chi connectivity index (χ1n) is 5.09. The highest BCUT2D eigenvalue weighted by molar-refractivity contribution is 6.31. The lowest BCUT2D eigenvalue weighted by Crippen LogP contribution is -2.25. The van der Waals surface area contributed by atoms with Crippen molar-refractivity contribution in [2.45, 2.75) is 13.3 Å². The summed E-state index contributed by atoms with van der Waals surface area (Å²) in [7, 11) is 0. The molecule has 0 saturated heterocycles. The van der Waals surface area contributed by atoms with Gasteiger partial charge in [0.15, 0.2) is 0 Å². The molecule has 1 amide bonds. The second kappa shape index (κ2) is 6.18. The van der Waals surface area contributed by atoms with E-state index in [9.17, 15) is 4.79 Å². The SMILES string of the molecule is C/C=C/CCNC(=O)c1cc(Cl)ccc1N. The minimum Gasteiger partial charge on any atom is -0.398 e. The number of amides is 1. The third kappa shape index (κ3) is 3.59. The zero-order valence-corrected chi connectivity index (χ0v) is 9.92. The van der Waals surface area contributed by atoms with Crippen molar-refractivity contribution < 1.29 is 4.79 Å². The third-order valence-electron chi connectivity index (χ3n) is 2.09. The first kappa shape index (κ1) is 12.6. The normalized spacial score (nSPS) is 10.6. The van der Waals surface area contributed by atoms with E-state index in [4.69, 9.17) is 17.3 Å². The third-order valence-corrected chi connectivity index (χ3v) is 2.33. The summed E-state index contributed by atoms with van der Waals surface area (Å²) in [4.78, 5) is 11.7. The number of nitrogen functional groups attached to an aromatic ring is 1. The van der Waals surface area contributed by atoms with Crippen LogP contribution in [0.4, 0.5) is 5.69 Å². The monoisotopic (exact) mass is 238 g/mol. The minimum atomic E-state index is -0.190. The molecule has 0 aliphatic heterocycles. The average molecular weight is 239 g/mol. The second-order valence-electron chi connectivity index (χ2n) is 3.35. The molecule has 1 rings (SSSR count). The van der Waals surface area contributed by atoms with Gasteiger partial charge in [0.2, 0.25) is 0 Å². The zero-order valence-electron chi connectivity index (χ0n) is 9.16. The Labute approximate surface area is 100 Å². The summed E-state index contributed by atoms with van der Waals surface area (Å²) in [6.45, 7) is 2.53. The van der Waals surface area contributed by atoms with E-state index < -0.39 is 0 Å². The lowest BCUT2D eigenvalue weighted by Gasteiger charge is -2.06. The molecule has 4 heteroatoms. The van der Waals surface area contributed by atoms with Crippen LogP contribution in [0.5, 0.6) is 0 Å². The van der Waals surface area contributed by atoms with Crippen molar-refractivity contribution in [3.63, 3.8) is 0 Å². The molecular weight excluding hydrogens is 224 g/mol. The van der Waals surface area contributed by atoms with Gasteiger partial charge in [0.25, 0.3) is 5.91 Å². The van der Waals surface area contributed by atoms with Crippen LogP contribution in [0.25, 0.3) is 0 Å². The van der Waals surface area contributed by atoms with Crippen molar-refractivity contribution in [2.24, 2.45) is 0 Å². The standard InChI is InChI=1S/C12H15ClN2O/c1-2-3-4-7-15-12(16)10-8-9(13)5-6-11(10)14/h2-3,5-6,8H,4,7,14H2,1H3,(H,15,16)/b3-2+. The number of carbonyl (C=O) groups excluding carboxylic acids is 1. The summed E-state index contributed by atoms with van der Waals surface area (Å²) in [5, 5.41) is 3.28. The molecule has 86 valence electrons. The van der Waals surface area contributed by atoms with Crippen LogP contribution in [0, 0.1) is 0 Å². The first-order chi connectivity index (χ1) is 7.65. The van der Waals surface area contributed by atoms with E-state index in [1.54, 1.807) is 18.2 Å². The highest BCUT2D eigenvalue weighted by atomic mass is 35.5. The lowest BCUT2D eigenvalue weighted by molar-refractivity contribution is 0.0955. The Kier molecular flexibility index (Phi) is 4.86. The van der Waals surface area contributed by atoms with Gasteiger partial charge >= 0.3 is 0 Å². The summed E-state index contributed by atoms with van der Waals surface area (Å²) in [5.41, 5.74) is 6.55. The molecule has 16 heavy (non-hydrogen) atoms. The molecule has 3 nitrogen and oxygen atoms in total. The van der Waals surface area contributed by atoms with Gasteiger partial charge in [-0.2, -0.15) is 0 Å². The van der Waals surface area contributed by atoms with Crippen molar-refractivity contribution in [2.75, 3.05) is 12.3 Å². The fourth-order valence-electron chi connectivity index (χ4n) is 1.26. The molecule has 0 aliphatic carbocycles. The number of rotatable bonds is 4. The van der Waals surface area contributed by atoms with Crippen LogP contribution < -0.4 is 11.1 Å². The van der Waals surface area contributed by atoms with Gasteiger partial charge in [-0.25, -0.2) is 0 Å². The van der Waals surface area contributed by atoms with Gasteiger partial charge < -0.3 is 11.1 Å². The van der Waals surface area contributed by atoms with Gasteiger partial charge in [-0.3, -0.25) is 4.79 Å². The summed E-state index contributed by atoms with van der Waals surface area (Å²) < 4.78 is 0. The van der Waals surface area contributed by atoms with Crippen LogP contribution in [-0.2, 0) is 0 Å². The topological polar surface area (TPSA) is 55.1 Å². The second-order valence-corrected chi connectivity index (χ2v) is 3.78. The van der Waals surface area contributed by atoms with Gasteiger partial charge in [0, 0.05) is 17.3 Å². The number of benzene rings is 1. The highest BCUT2D eigenvalue weighted by Gasteiger charge is 2.08. The van der Waals surface area contributed by atoms with Gasteiger partial charge in [-0.05, 0) is 31.5 Å². The summed E-state index contributed by atoms with van der Waals surface area (Å²) in [6.07, 6.45) is 4.74. The molecule has 0 radical (unpaired) electrons. The Morgan fingerprint density at radius 3 is 3.00 bits per heavy atom. The number of allylic oxidation sites excluding steroid dienone is 1. The van der Waals surface area contributed by atoms with E-state index in [0.717, 1.165) is 6.42 Å². The number of halogens is 1. The number of hydrogen-bond acceptors (Lipinski definition) is 2. The summed E-state index contributed by atoms with van der Waals surface area (Å²) >= 11 is 5.80. The molecule has 0 atom stereocenters. The summed E-state index contributed by atoms with van der Waals surface area (Å²) in [5.74, 6) is -0.190. The molecule has 0 heterocycles. The Bertz CT molecular complexity index is 402. The van der Waals surface area contributed by atoms with Crippen LogP contribution >= 0.6 is 11.6 Å². The van der Waals surface area contributed by atoms with E-state index in [2.05, 4.69) is 5.32 Å². The Balaban J connectivity index is 2.62. The van der Waals surface area contributed by atoms with Crippen molar-refractivity contribution in [1.82, 2.24) is 5.32 Å². The van der Waals surface area contributed by atoms with Crippen molar-refractivity contribution in [3.8, 4) is 0 Å². The first-order valence-corrected chi connectivity index (χ1v) is 5.47. The number of hydrogen-bond donors (Lipinski definition) is 2. The molecule has 0 spiro atoms. The van der Waals surface area contributed by atoms with E-state index in [1.807, 2.05) is 19.1 Å². The van der Waals surface area contributed by atoms with Crippen LogP contribution in [0.15, 0.2) is 30.4 Å². The maximum Gasteiger partial charge on any atom is 0.253 e. The van der Waals surface area contributed by atoms with Crippen LogP contribution in [-0.4, -0.2) is 12.5 Å². The number of carbonyl (C=O) groups is 1. The molecule has 1 aromatic rings. The summed E-state index contributed by atoms with van der Waals surface area (Å²) in [6, 6.07) is 4.86. The van der Waals surface area contributed by atoms with Gasteiger partial charge in [-0.15, -0.1) is 0 Å². The molecule has 0 aromatic heterocycles. The molecule has 0 aliphatic rings. The highest BCUT2D eigenvalue weighted by Crippen LogP contribution is 2.17. The van der Waals surface area contributed by atoms with E-state index >= 15 is 0 Å². The van der Waals surface area contributed by atoms with E-state index in [-0.39, 0.29) is 5.91 Å². The van der Waals surface area contributed by atoms with E-state index in [0.29, 0.717) is 22.8 Å². The van der Waals surface area contributed by atoms with Crippen LogP contribution in [0.2, 0.25) is 5.02 Å². The maximum atomic E-state index is 11.7. The number of nitrogens with one attached hydrogen (secondary N) is 1. The smallest absolute Gasteiger partial charge is 0.253 e. The number of nitrogens with two attached hydrogens (primary N) is 1. The maximum absolute atomic E-state index is 11.7. The fraction of sp³-hybridized carbons (Fsp3) is 0.250. The predicted octanol–water partition coefficient (Wildman–Crippen LogP) is 2.62. The van der Waals surface area contributed by atoms with Crippen molar-refractivity contribution in [3.05, 3.63) is 40.9 Å². The van der Waals surface area contributed by atoms with E-state index in [1.165, 1.54) is 0 Å². The molecule has 0 fully saturated rings. The molecule has 0 saturated carbocycles. The van der Waals surface area contributed by atoms with Gasteiger partial charge in [0.1, 0.15) is 0 Å². The quantitative estimate of drug-likeness (QED) is 0.481. The largest absolute Gasteiger partial charge is 0.398 e. The fourth-order valence-corrected chi connectivity index (χ4v) is 1.43. The Hall–Kier alpha value is -1.48. The molecule has 0 bridgehead atoms. The predicted molar refractivity (Wildman–Crippen MR) is 67.6 cm³/mol. The van der Waals surface area contributed by atoms with Crippen LogP contribution in [0.3, 0.4) is 0 Å². The van der Waals surface area contributed by atoms with Crippen molar-refractivity contribution >= 4 is 23.2 Å². The van der Waals surface area contributed by atoms with Gasteiger partial charge in [-0.1, -0.05) is 23.8 Å².